The van der Waals surface area contributed by atoms with E-state index in [1.165, 1.54) is 6.08 Å². The summed E-state index contributed by atoms with van der Waals surface area (Å²) < 4.78 is 11.0. The summed E-state index contributed by atoms with van der Waals surface area (Å²) >= 11 is 0. The molecule has 24 heavy (non-hydrogen) atoms. The van der Waals surface area contributed by atoms with Crippen molar-refractivity contribution in [2.45, 2.75) is 77.0 Å². The van der Waals surface area contributed by atoms with Gasteiger partial charge in [0, 0.05) is 6.08 Å². The Morgan fingerprint density at radius 1 is 1.25 bits per heavy atom. The molecule has 0 rings (SSSR count). The van der Waals surface area contributed by atoms with Crippen LogP contribution in [-0.4, -0.2) is 61.1 Å². The van der Waals surface area contributed by atoms with Crippen molar-refractivity contribution in [2.24, 2.45) is 0 Å². The van der Waals surface area contributed by atoms with Gasteiger partial charge in [-0.15, -0.1) is 0 Å². The van der Waals surface area contributed by atoms with Gasteiger partial charge in [0.05, 0.1) is 19.3 Å². The van der Waals surface area contributed by atoms with E-state index in [2.05, 4.69) is 33.9 Å². The average molecular weight is 363 g/mol. The maximum atomic E-state index is 11.3. The highest BCUT2D eigenvalue weighted by atomic mass is 28.4. The lowest BCUT2D eigenvalue weighted by molar-refractivity contribution is -0.137. The zero-order chi connectivity index (χ0) is 19.0. The summed E-state index contributed by atoms with van der Waals surface area (Å²) in [5.41, 5.74) is 0. The molecule has 0 saturated carbocycles. The molecular formula is C17H34O6Si. The standard InChI is InChI=1S/C17H34O6Si/c1-7-22-15(20)11-9-8-10-14(16(21)13(19)12-18)23-24(5,6)17(2,3)4/h9,11,13-14,16,18-19,21H,7-8,10,12H2,1-6H3/b11-9+/t13-,14+,16+/m1/s1. The Kier molecular flexibility index (Phi) is 9.99. The van der Waals surface area contributed by atoms with Crippen molar-refractivity contribution in [3.8, 4) is 0 Å². The Balaban J connectivity index is 4.93. The molecule has 3 N–H and O–H groups in total. The number of hydrogen-bond acceptors (Lipinski definition) is 6. The molecule has 142 valence electrons. The first-order valence-corrected chi connectivity index (χ1v) is 11.3. The van der Waals surface area contributed by atoms with Crippen molar-refractivity contribution in [1.29, 1.82) is 0 Å². The van der Waals surface area contributed by atoms with E-state index in [9.17, 15) is 15.0 Å². The third-order valence-corrected chi connectivity index (χ3v) is 8.88. The molecule has 0 spiro atoms. The predicted molar refractivity (Wildman–Crippen MR) is 96.2 cm³/mol. The van der Waals surface area contributed by atoms with Crippen molar-refractivity contribution < 1.29 is 29.3 Å². The highest BCUT2D eigenvalue weighted by Crippen LogP contribution is 2.38. The Morgan fingerprint density at radius 3 is 2.29 bits per heavy atom. The van der Waals surface area contributed by atoms with Gasteiger partial charge < -0.3 is 24.5 Å². The monoisotopic (exact) mass is 362 g/mol. The largest absolute Gasteiger partial charge is 0.463 e. The summed E-state index contributed by atoms with van der Waals surface area (Å²) in [4.78, 5) is 11.3. The lowest BCUT2D eigenvalue weighted by Crippen LogP contribution is -2.50. The van der Waals surface area contributed by atoms with Crippen molar-refractivity contribution in [3.05, 3.63) is 12.2 Å². The predicted octanol–water partition coefficient (Wildman–Crippen LogP) is 1.99. The zero-order valence-corrected chi connectivity index (χ0v) is 16.8. The number of ether oxygens (including phenoxy) is 1. The number of carbonyl (C=O) groups excluding carboxylic acids is 1. The van der Waals surface area contributed by atoms with Gasteiger partial charge in [-0.3, -0.25) is 0 Å². The molecule has 0 saturated heterocycles. The third kappa shape index (κ3) is 7.89. The van der Waals surface area contributed by atoms with Gasteiger partial charge in [0.15, 0.2) is 8.32 Å². The van der Waals surface area contributed by atoms with Crippen molar-refractivity contribution >= 4 is 14.3 Å². The molecule has 0 aliphatic rings. The number of allylic oxidation sites excluding steroid dienone is 1. The van der Waals surface area contributed by atoms with Gasteiger partial charge in [-0.2, -0.15) is 0 Å². The van der Waals surface area contributed by atoms with E-state index in [4.69, 9.17) is 14.3 Å². The van der Waals surface area contributed by atoms with Crippen LogP contribution in [0.25, 0.3) is 0 Å². The number of aliphatic hydroxyl groups is 3. The number of carbonyl (C=O) groups is 1. The van der Waals surface area contributed by atoms with Crippen molar-refractivity contribution in [1.82, 2.24) is 0 Å². The fraction of sp³-hybridized carbons (Fsp3) is 0.824. The summed E-state index contributed by atoms with van der Waals surface area (Å²) in [7, 11) is -2.15. The van der Waals surface area contributed by atoms with Crippen LogP contribution in [0.3, 0.4) is 0 Å². The molecule has 0 aromatic heterocycles. The average Bonchev–Trinajstić information content (AvgIpc) is 2.47. The molecule has 0 amide bonds. The van der Waals surface area contributed by atoms with Gasteiger partial charge >= 0.3 is 5.97 Å². The Bertz CT molecular complexity index is 402. The lowest BCUT2D eigenvalue weighted by atomic mass is 10.0. The van der Waals surface area contributed by atoms with Crippen molar-refractivity contribution in [2.75, 3.05) is 13.2 Å². The quantitative estimate of drug-likeness (QED) is 0.312. The molecular weight excluding hydrogens is 328 g/mol. The van der Waals surface area contributed by atoms with Gasteiger partial charge in [0.2, 0.25) is 0 Å². The topological polar surface area (TPSA) is 96.2 Å². The van der Waals surface area contributed by atoms with Gasteiger partial charge in [-0.25, -0.2) is 4.79 Å². The van der Waals surface area contributed by atoms with Crippen LogP contribution < -0.4 is 0 Å². The van der Waals surface area contributed by atoms with Crippen LogP contribution in [0.5, 0.6) is 0 Å². The molecule has 0 aromatic carbocycles. The molecule has 0 radical (unpaired) electrons. The summed E-state index contributed by atoms with van der Waals surface area (Å²) in [6, 6.07) is 0. The fourth-order valence-corrected chi connectivity index (χ4v) is 3.21. The van der Waals surface area contributed by atoms with Crippen LogP contribution in [0, 0.1) is 0 Å². The first-order valence-electron chi connectivity index (χ1n) is 8.44. The molecule has 0 aliphatic carbocycles. The maximum absolute atomic E-state index is 11.3. The summed E-state index contributed by atoms with van der Waals surface area (Å²) in [6.07, 6.45) is 0.891. The van der Waals surface area contributed by atoms with Gasteiger partial charge in [-0.05, 0) is 37.9 Å². The number of esters is 1. The normalized spacial score (nSPS) is 16.9. The van der Waals surface area contributed by atoms with E-state index >= 15 is 0 Å². The van der Waals surface area contributed by atoms with Crippen LogP contribution in [-0.2, 0) is 14.0 Å². The third-order valence-electron chi connectivity index (χ3n) is 4.37. The SMILES string of the molecule is CCOC(=O)/C=C/CC[C@H](O[Si](C)(C)C(C)(C)C)[C@@H](O)[C@H](O)CO. The van der Waals surface area contributed by atoms with Crippen LogP contribution in [0.1, 0.15) is 40.5 Å². The second-order valence-corrected chi connectivity index (χ2v) is 12.1. The molecule has 7 heteroatoms. The minimum absolute atomic E-state index is 0.0457. The smallest absolute Gasteiger partial charge is 0.330 e. The summed E-state index contributed by atoms with van der Waals surface area (Å²) in [6.45, 7) is 11.9. The second-order valence-electron chi connectivity index (χ2n) is 7.39. The molecule has 3 atom stereocenters. The maximum Gasteiger partial charge on any atom is 0.330 e. The minimum Gasteiger partial charge on any atom is -0.463 e. The molecule has 0 fully saturated rings. The molecule has 0 aromatic rings. The molecule has 0 unspecified atom stereocenters. The van der Waals surface area contributed by atoms with Crippen LogP contribution in [0.15, 0.2) is 12.2 Å². The number of hydrogen-bond donors (Lipinski definition) is 3. The van der Waals surface area contributed by atoms with E-state index < -0.39 is 39.2 Å². The zero-order valence-electron chi connectivity index (χ0n) is 15.8. The molecule has 0 bridgehead atoms. The summed E-state index contributed by atoms with van der Waals surface area (Å²) in [5.74, 6) is -0.407. The first kappa shape index (κ1) is 23.3. The first-order chi connectivity index (χ1) is 11.0. The van der Waals surface area contributed by atoms with Gasteiger partial charge in [0.1, 0.15) is 12.2 Å². The second kappa shape index (κ2) is 10.3. The lowest BCUT2D eigenvalue weighted by Gasteiger charge is -2.41. The van der Waals surface area contributed by atoms with Gasteiger partial charge in [0.25, 0.3) is 0 Å². The Labute approximate surface area is 146 Å². The van der Waals surface area contributed by atoms with Crippen LogP contribution >= 0.6 is 0 Å². The van der Waals surface area contributed by atoms with E-state index in [1.54, 1.807) is 13.0 Å². The fourth-order valence-electron chi connectivity index (χ4n) is 1.84. The molecule has 6 nitrogen and oxygen atoms in total. The Hall–Kier alpha value is -0.733. The van der Waals surface area contributed by atoms with Crippen LogP contribution in [0.4, 0.5) is 0 Å². The molecule has 0 heterocycles. The highest BCUT2D eigenvalue weighted by Gasteiger charge is 2.41. The van der Waals surface area contributed by atoms with Crippen molar-refractivity contribution in [3.63, 3.8) is 0 Å². The van der Waals surface area contributed by atoms with E-state index in [0.717, 1.165) is 0 Å². The summed E-state index contributed by atoms with van der Waals surface area (Å²) in [5, 5.41) is 29.1. The number of rotatable bonds is 10. The van der Waals surface area contributed by atoms with E-state index in [1.807, 2.05) is 0 Å². The minimum atomic E-state index is -2.15. The number of aliphatic hydroxyl groups excluding tert-OH is 3. The van der Waals surface area contributed by atoms with E-state index in [0.29, 0.717) is 19.4 Å². The Morgan fingerprint density at radius 2 is 1.83 bits per heavy atom. The molecule has 0 aliphatic heterocycles. The van der Waals surface area contributed by atoms with E-state index in [-0.39, 0.29) is 5.04 Å². The van der Waals surface area contributed by atoms with Crippen LogP contribution in [0.2, 0.25) is 18.1 Å². The highest BCUT2D eigenvalue weighted by molar-refractivity contribution is 6.74. The van der Waals surface area contributed by atoms with Gasteiger partial charge in [-0.1, -0.05) is 26.8 Å².